The minimum Gasteiger partial charge on any atom is -0.469 e. The third-order valence-electron chi connectivity index (χ3n) is 14.7. The summed E-state index contributed by atoms with van der Waals surface area (Å²) in [6, 6.07) is 29.4. The lowest BCUT2D eigenvalue weighted by Crippen LogP contribution is -2.12. The average molecular weight is 1060 g/mol. The van der Waals surface area contributed by atoms with Gasteiger partial charge in [-0.2, -0.15) is 16.8 Å². The number of H-pyrrole nitrogens is 2. The van der Waals surface area contributed by atoms with Gasteiger partial charge in [0.15, 0.2) is 0 Å². The number of nitrogens with one attached hydrogen (secondary N) is 2. The normalized spacial score (nSPS) is 16.6. The highest BCUT2D eigenvalue weighted by Gasteiger charge is 2.34. The van der Waals surface area contributed by atoms with E-state index in [4.69, 9.17) is 28.6 Å². The number of hydrogen-bond acceptors (Lipinski definition) is 10. The molecule has 8 bridgehead atoms. The monoisotopic (exact) mass is 1060 g/mol. The van der Waals surface area contributed by atoms with Crippen LogP contribution in [0.15, 0.2) is 139 Å². The molecule has 2 aliphatic carbocycles. The van der Waals surface area contributed by atoms with E-state index in [-0.39, 0.29) is 21.7 Å². The Hall–Kier alpha value is -7.50. The Balaban J connectivity index is 0.000000265. The Kier molecular flexibility index (Phi) is 15.4. The van der Waals surface area contributed by atoms with Crippen molar-refractivity contribution in [2.75, 3.05) is 14.2 Å². The van der Waals surface area contributed by atoms with E-state index in [1.165, 1.54) is 83.0 Å². The summed E-state index contributed by atoms with van der Waals surface area (Å²) >= 11 is 0. The Bertz CT molecular complexity index is 3490. The smallest absolute Gasteiger partial charge is 0.305 e. The summed E-state index contributed by atoms with van der Waals surface area (Å²) in [5.74, 6) is -0.440. The summed E-state index contributed by atoms with van der Waals surface area (Å²) in [5.41, 5.74) is 24.7. The number of aliphatic imine (C=N–C) groups is 2. The summed E-state index contributed by atoms with van der Waals surface area (Å²) in [6.07, 6.45) is 11.1. The molecule has 6 aromatic rings. The van der Waals surface area contributed by atoms with Gasteiger partial charge in [-0.15, -0.1) is 0 Å². The summed E-state index contributed by atoms with van der Waals surface area (Å²) < 4.78 is 69.3. The Morgan fingerprint density at radius 3 is 1.26 bits per heavy atom. The summed E-state index contributed by atoms with van der Waals surface area (Å²) in [4.78, 5) is 43.3. The number of methoxy groups -OCH3 is 2. The van der Waals surface area contributed by atoms with Crippen LogP contribution < -0.4 is 0 Å². The number of carbonyl (C=O) groups is 2. The van der Waals surface area contributed by atoms with Crippen LogP contribution in [0.3, 0.4) is 0 Å². The molecule has 4 N–H and O–H groups in total. The number of rotatable bonds is 8. The lowest BCUT2D eigenvalue weighted by atomic mass is 9.83. The lowest BCUT2D eigenvalue weighted by molar-refractivity contribution is -0.141. The zero-order valence-corrected chi connectivity index (χ0v) is 45.0. The van der Waals surface area contributed by atoms with Gasteiger partial charge >= 0.3 is 11.9 Å². The number of nitrogens with zero attached hydrogens (tertiary/aromatic N) is 2. The van der Waals surface area contributed by atoms with E-state index < -0.39 is 20.2 Å². The number of aryl methyl sites for hydroxylation is 4. The molecule has 16 heteroatoms. The van der Waals surface area contributed by atoms with Crippen LogP contribution in [0.2, 0.25) is 0 Å². The molecular formula is C60H60N4O10S2. The maximum atomic E-state index is 12.5. The number of carbonyl (C=O) groups excluding carboxylic acids is 2. The largest absolute Gasteiger partial charge is 0.469 e. The fourth-order valence-electron chi connectivity index (χ4n) is 10.7. The second-order valence-electron chi connectivity index (χ2n) is 19.5. The molecule has 0 amide bonds. The van der Waals surface area contributed by atoms with Crippen molar-refractivity contribution in [3.8, 4) is 0 Å². The molecule has 14 nitrogen and oxygen atoms in total. The lowest BCUT2D eigenvalue weighted by Gasteiger charge is -2.20. The van der Waals surface area contributed by atoms with Crippen LogP contribution in [-0.4, -0.2) is 73.5 Å². The van der Waals surface area contributed by atoms with Crippen LogP contribution in [0, 0.1) is 27.7 Å². The van der Waals surface area contributed by atoms with E-state index in [1.807, 2.05) is 13.8 Å². The number of aromatic nitrogens is 2. The van der Waals surface area contributed by atoms with Crippen LogP contribution in [-0.2, 0) is 77.8 Å². The van der Waals surface area contributed by atoms with Gasteiger partial charge in [-0.1, -0.05) is 83.9 Å². The van der Waals surface area contributed by atoms with Crippen molar-refractivity contribution in [3.63, 3.8) is 0 Å². The molecular weight excluding hydrogens is 1000 g/mol. The van der Waals surface area contributed by atoms with E-state index in [2.05, 4.69) is 84.5 Å². The molecule has 11 rings (SSSR count). The van der Waals surface area contributed by atoms with E-state index in [1.54, 1.807) is 24.3 Å². The SMILES string of the molecule is COC(=O)CCc1c2[nH]c(c1C)/C=C1\N=C(Cc3[nH]c(c(C)c3CCC(=O)OC)/C=C3\N=C(C2)C2=C3c3ccccc3CC2)C2=C1c1ccccc1CC2.Cc1ccc(S(=O)(=O)O)cc1.Cc1ccc(S(=O)(=O)O)cc1. The van der Waals surface area contributed by atoms with Crippen molar-refractivity contribution < 1.29 is 45.0 Å². The standard InChI is InChI=1S/C46H44N4O4.2C7H8O3S/c1-25-29(17-19-43(51)53-3)37-23-39-33-15-13-28-10-6-8-12-32(28)46(33)42(50-39)22-36-26(2)30(18-20-44(52)54-4)38(48-36)24-40-34-16-14-27-9-5-7-11-31(27)45(34)41(49-40)21-35(25)47-37;2*1-6-2-4-7(5-3-6)11(8,9)10/h5-12,21-22,47-48H,13-20,23-24H2,1-4H3;2*2-5H,1H3,(H,8,9,10)/b41-21-,42-22-;;. The maximum absolute atomic E-state index is 12.5. The molecule has 4 aromatic carbocycles. The average Bonchev–Trinajstić information content (AvgIpc) is 4.11. The van der Waals surface area contributed by atoms with Gasteiger partial charge in [0.25, 0.3) is 20.2 Å². The second kappa shape index (κ2) is 22.0. The topological polar surface area (TPSA) is 218 Å². The van der Waals surface area contributed by atoms with Crippen LogP contribution in [0.25, 0.3) is 23.3 Å². The molecule has 76 heavy (non-hydrogen) atoms. The highest BCUT2D eigenvalue weighted by Crippen LogP contribution is 2.46. The van der Waals surface area contributed by atoms with Crippen molar-refractivity contribution >= 4 is 66.9 Å². The first-order valence-corrected chi connectivity index (χ1v) is 28.0. The minimum absolute atomic E-state index is 0.0666. The highest BCUT2D eigenvalue weighted by molar-refractivity contribution is 7.86. The number of benzene rings is 4. The molecule has 0 radical (unpaired) electrons. The Morgan fingerprint density at radius 1 is 0.539 bits per heavy atom. The molecule has 5 aliphatic rings. The van der Waals surface area contributed by atoms with Gasteiger partial charge in [-0.3, -0.25) is 28.7 Å². The molecule has 2 aromatic heterocycles. The maximum Gasteiger partial charge on any atom is 0.305 e. The summed E-state index contributed by atoms with van der Waals surface area (Å²) in [6.45, 7) is 7.98. The van der Waals surface area contributed by atoms with Gasteiger partial charge in [0.05, 0.1) is 46.8 Å². The van der Waals surface area contributed by atoms with Gasteiger partial charge in [-0.05, 0) is 158 Å². The summed E-state index contributed by atoms with van der Waals surface area (Å²) in [7, 11) is -5.14. The van der Waals surface area contributed by atoms with Crippen LogP contribution in [0.5, 0.6) is 0 Å². The molecule has 0 saturated heterocycles. The number of fused-ring (bicyclic) bond motifs is 14. The van der Waals surface area contributed by atoms with E-state index in [9.17, 15) is 26.4 Å². The predicted molar refractivity (Wildman–Crippen MR) is 295 cm³/mol. The predicted octanol–water partition coefficient (Wildman–Crippen LogP) is 10.8. The van der Waals surface area contributed by atoms with Crippen LogP contribution >= 0.6 is 0 Å². The molecule has 0 saturated carbocycles. The van der Waals surface area contributed by atoms with Gasteiger partial charge in [0.2, 0.25) is 0 Å². The van der Waals surface area contributed by atoms with Gasteiger partial charge in [0.1, 0.15) is 0 Å². The minimum atomic E-state index is -4.02. The number of ether oxygens (including phenoxy) is 2. The second-order valence-corrected chi connectivity index (χ2v) is 22.4. The molecule has 392 valence electrons. The first-order chi connectivity index (χ1) is 36.3. The summed E-state index contributed by atoms with van der Waals surface area (Å²) in [5, 5.41) is 0. The fourth-order valence-corrected chi connectivity index (χ4v) is 11.6. The molecule has 0 atom stereocenters. The number of allylic oxidation sites excluding steroid dienone is 4. The molecule has 0 spiro atoms. The number of esters is 2. The van der Waals surface area contributed by atoms with Crippen molar-refractivity contribution in [2.45, 2.75) is 102 Å². The Labute approximate surface area is 443 Å². The quantitative estimate of drug-likeness (QED) is 0.0835. The van der Waals surface area contributed by atoms with Crippen LogP contribution in [0.1, 0.15) is 104 Å². The first kappa shape index (κ1) is 53.3. The zero-order valence-electron chi connectivity index (χ0n) is 43.3. The number of aromatic amines is 2. The van der Waals surface area contributed by atoms with Gasteiger partial charge in [-0.25, -0.2) is 0 Å². The molecule has 5 heterocycles. The van der Waals surface area contributed by atoms with Crippen molar-refractivity contribution in [1.29, 1.82) is 0 Å². The van der Waals surface area contributed by atoms with E-state index in [0.29, 0.717) is 38.5 Å². The van der Waals surface area contributed by atoms with Crippen molar-refractivity contribution in [3.05, 3.63) is 198 Å². The highest BCUT2D eigenvalue weighted by atomic mass is 32.2. The van der Waals surface area contributed by atoms with E-state index >= 15 is 0 Å². The molecule has 0 unspecified atom stereocenters. The fraction of sp³-hybridized carbons (Fsp3) is 0.267. The van der Waals surface area contributed by atoms with Crippen LogP contribution in [0.4, 0.5) is 0 Å². The first-order valence-electron chi connectivity index (χ1n) is 25.2. The van der Waals surface area contributed by atoms with Gasteiger partial charge < -0.3 is 19.4 Å². The van der Waals surface area contributed by atoms with E-state index in [0.717, 1.165) is 105 Å². The van der Waals surface area contributed by atoms with Gasteiger partial charge in [0, 0.05) is 59.6 Å². The Morgan fingerprint density at radius 2 is 0.908 bits per heavy atom. The molecule has 0 fully saturated rings. The third-order valence-corrected chi connectivity index (χ3v) is 16.4. The van der Waals surface area contributed by atoms with Crippen molar-refractivity contribution in [2.24, 2.45) is 9.98 Å². The van der Waals surface area contributed by atoms with Crippen molar-refractivity contribution in [1.82, 2.24) is 9.97 Å². The number of hydrogen-bond donors (Lipinski definition) is 4. The third kappa shape index (κ3) is 11.4. The molecule has 3 aliphatic heterocycles. The zero-order chi connectivity index (χ0) is 54.1.